The fraction of sp³-hybridized carbons (Fsp3) is 0.111. The molecular weight excluding hydrogens is 400 g/mol. The van der Waals surface area contributed by atoms with Gasteiger partial charge in [-0.25, -0.2) is 4.98 Å². The van der Waals surface area contributed by atoms with E-state index in [-0.39, 0.29) is 12.5 Å². The van der Waals surface area contributed by atoms with Crippen LogP contribution in [0.2, 0.25) is 0 Å². The fourth-order valence-corrected chi connectivity index (χ4v) is 3.90. The van der Waals surface area contributed by atoms with Gasteiger partial charge in [0.05, 0.1) is 11.3 Å². The number of aromatic nitrogens is 1. The molecule has 1 amide bonds. The molecule has 0 saturated heterocycles. The number of nitrogens with zero attached hydrogens (tertiary/aromatic N) is 1. The van der Waals surface area contributed by atoms with E-state index in [0.717, 1.165) is 33.0 Å². The molecule has 1 heterocycles. The van der Waals surface area contributed by atoms with E-state index in [0.29, 0.717) is 22.9 Å². The number of nitrogens with one attached hydrogen (secondary N) is 1. The summed E-state index contributed by atoms with van der Waals surface area (Å²) in [5.41, 5.74) is 5.03. The zero-order valence-electron chi connectivity index (χ0n) is 17.9. The first-order valence-electron chi connectivity index (χ1n) is 10.5. The molecule has 5 heteroatoms. The highest BCUT2D eigenvalue weighted by molar-refractivity contribution is 6.04. The molecule has 5 nitrogen and oxygen atoms in total. The van der Waals surface area contributed by atoms with E-state index >= 15 is 0 Å². The Hall–Kier alpha value is -4.12. The normalized spacial score (nSPS) is 11.1. The molecule has 5 aromatic rings. The maximum absolute atomic E-state index is 12.6. The molecule has 0 bridgehead atoms. The van der Waals surface area contributed by atoms with Crippen LogP contribution in [0, 0.1) is 13.8 Å². The summed E-state index contributed by atoms with van der Waals surface area (Å²) >= 11 is 0. The zero-order chi connectivity index (χ0) is 22.1. The second-order valence-electron chi connectivity index (χ2n) is 7.86. The van der Waals surface area contributed by atoms with Crippen LogP contribution in [0.4, 0.5) is 5.69 Å². The van der Waals surface area contributed by atoms with Gasteiger partial charge in [0, 0.05) is 5.39 Å². The largest absolute Gasteiger partial charge is 0.484 e. The predicted octanol–water partition coefficient (Wildman–Crippen LogP) is 6.28. The average molecular weight is 422 g/mol. The van der Waals surface area contributed by atoms with Crippen LogP contribution in [-0.4, -0.2) is 17.5 Å². The summed E-state index contributed by atoms with van der Waals surface area (Å²) in [6, 6.07) is 25.4. The number of rotatable bonds is 5. The standard InChI is InChI=1S/C27H22N2O3/c1-17-13-18(2)15-20(14-17)31-16-25(30)28-23-10-6-5-9-22(23)27-29-24-12-11-19-7-3-4-8-21(19)26(24)32-27/h3-15H,16H2,1-2H3,(H,28,30). The molecule has 1 aromatic heterocycles. The fourth-order valence-electron chi connectivity index (χ4n) is 3.90. The van der Waals surface area contributed by atoms with Gasteiger partial charge in [-0.15, -0.1) is 0 Å². The molecule has 1 N–H and O–H groups in total. The van der Waals surface area contributed by atoms with Gasteiger partial charge in [0.2, 0.25) is 5.89 Å². The van der Waals surface area contributed by atoms with E-state index in [1.165, 1.54) is 0 Å². The monoisotopic (exact) mass is 422 g/mol. The van der Waals surface area contributed by atoms with E-state index in [1.807, 2.05) is 86.6 Å². The minimum Gasteiger partial charge on any atom is -0.484 e. The van der Waals surface area contributed by atoms with Crippen LogP contribution >= 0.6 is 0 Å². The molecule has 0 aliphatic heterocycles. The number of hydrogen-bond acceptors (Lipinski definition) is 4. The van der Waals surface area contributed by atoms with Gasteiger partial charge in [-0.1, -0.05) is 48.5 Å². The lowest BCUT2D eigenvalue weighted by Gasteiger charge is -2.11. The Morgan fingerprint density at radius 1 is 0.938 bits per heavy atom. The maximum Gasteiger partial charge on any atom is 0.262 e. The molecule has 0 atom stereocenters. The van der Waals surface area contributed by atoms with Crippen molar-refractivity contribution in [1.29, 1.82) is 0 Å². The first-order valence-corrected chi connectivity index (χ1v) is 10.5. The number of oxazole rings is 1. The summed E-state index contributed by atoms with van der Waals surface area (Å²) in [4.78, 5) is 17.3. The second-order valence-corrected chi connectivity index (χ2v) is 7.86. The third kappa shape index (κ3) is 3.93. The Morgan fingerprint density at radius 2 is 1.69 bits per heavy atom. The van der Waals surface area contributed by atoms with Crippen LogP contribution in [0.15, 0.2) is 83.3 Å². The number of aryl methyl sites for hydroxylation is 2. The van der Waals surface area contributed by atoms with Gasteiger partial charge in [0.15, 0.2) is 12.2 Å². The van der Waals surface area contributed by atoms with Gasteiger partial charge in [-0.3, -0.25) is 4.79 Å². The molecular formula is C27H22N2O3. The Bertz CT molecular complexity index is 1430. The van der Waals surface area contributed by atoms with Crippen molar-refractivity contribution in [2.75, 3.05) is 11.9 Å². The molecule has 0 aliphatic rings. The van der Waals surface area contributed by atoms with E-state index in [1.54, 1.807) is 0 Å². The summed E-state index contributed by atoms with van der Waals surface area (Å²) in [6.45, 7) is 3.91. The number of ether oxygens (including phenoxy) is 1. The number of amides is 1. The molecule has 32 heavy (non-hydrogen) atoms. The van der Waals surface area contributed by atoms with Gasteiger partial charge in [0.25, 0.3) is 5.91 Å². The van der Waals surface area contributed by atoms with Crippen molar-refractivity contribution in [3.63, 3.8) is 0 Å². The number of para-hydroxylation sites is 1. The van der Waals surface area contributed by atoms with Gasteiger partial charge >= 0.3 is 0 Å². The Morgan fingerprint density at radius 3 is 2.53 bits per heavy atom. The number of benzene rings is 4. The minimum atomic E-state index is -0.252. The van der Waals surface area contributed by atoms with Crippen molar-refractivity contribution >= 4 is 33.5 Å². The molecule has 0 spiro atoms. The predicted molar refractivity (Wildman–Crippen MR) is 127 cm³/mol. The van der Waals surface area contributed by atoms with Crippen molar-refractivity contribution in [1.82, 2.24) is 4.98 Å². The molecule has 0 aliphatic carbocycles. The smallest absolute Gasteiger partial charge is 0.262 e. The Labute approximate surface area is 185 Å². The summed E-state index contributed by atoms with van der Waals surface area (Å²) in [5, 5.41) is 5.02. The van der Waals surface area contributed by atoms with Crippen molar-refractivity contribution < 1.29 is 13.9 Å². The lowest BCUT2D eigenvalue weighted by molar-refractivity contribution is -0.118. The number of carbonyl (C=O) groups is 1. The quantitative estimate of drug-likeness (QED) is 0.362. The van der Waals surface area contributed by atoms with Gasteiger partial charge < -0.3 is 14.5 Å². The highest BCUT2D eigenvalue weighted by Gasteiger charge is 2.15. The highest BCUT2D eigenvalue weighted by Crippen LogP contribution is 2.33. The minimum absolute atomic E-state index is 0.0879. The second kappa shape index (κ2) is 8.19. The molecule has 0 fully saturated rings. The van der Waals surface area contributed by atoms with Crippen molar-refractivity contribution in [3.05, 3.63) is 90.0 Å². The van der Waals surface area contributed by atoms with Crippen molar-refractivity contribution in [2.24, 2.45) is 0 Å². The third-order valence-electron chi connectivity index (χ3n) is 5.28. The number of anilines is 1. The van der Waals surface area contributed by atoms with Crippen LogP contribution in [0.25, 0.3) is 33.3 Å². The van der Waals surface area contributed by atoms with Crippen LogP contribution in [0.1, 0.15) is 11.1 Å². The van der Waals surface area contributed by atoms with Crippen LogP contribution in [0.5, 0.6) is 5.75 Å². The molecule has 4 aromatic carbocycles. The SMILES string of the molecule is Cc1cc(C)cc(OCC(=O)Nc2ccccc2-c2nc3ccc4ccccc4c3o2)c1. The van der Waals surface area contributed by atoms with E-state index in [2.05, 4.69) is 16.4 Å². The van der Waals surface area contributed by atoms with Crippen LogP contribution in [0.3, 0.4) is 0 Å². The summed E-state index contributed by atoms with van der Waals surface area (Å²) in [5.74, 6) is 0.886. The van der Waals surface area contributed by atoms with E-state index in [4.69, 9.17) is 9.15 Å². The Balaban J connectivity index is 1.40. The topological polar surface area (TPSA) is 64.4 Å². The first-order chi connectivity index (χ1) is 15.6. The Kier molecular flexibility index (Phi) is 5.07. The number of hydrogen-bond donors (Lipinski definition) is 1. The van der Waals surface area contributed by atoms with Crippen LogP contribution < -0.4 is 10.1 Å². The molecule has 0 unspecified atom stereocenters. The van der Waals surface area contributed by atoms with E-state index in [9.17, 15) is 4.79 Å². The third-order valence-corrected chi connectivity index (χ3v) is 5.28. The maximum atomic E-state index is 12.6. The summed E-state index contributed by atoms with van der Waals surface area (Å²) < 4.78 is 11.8. The average Bonchev–Trinajstić information content (AvgIpc) is 3.22. The first kappa shape index (κ1) is 19.8. The van der Waals surface area contributed by atoms with E-state index < -0.39 is 0 Å². The van der Waals surface area contributed by atoms with Gasteiger partial charge in [-0.05, 0) is 60.7 Å². The molecule has 158 valence electrons. The highest BCUT2D eigenvalue weighted by atomic mass is 16.5. The molecule has 0 radical (unpaired) electrons. The van der Waals surface area contributed by atoms with Crippen LogP contribution in [-0.2, 0) is 4.79 Å². The van der Waals surface area contributed by atoms with Crippen molar-refractivity contribution in [3.8, 4) is 17.2 Å². The lowest BCUT2D eigenvalue weighted by atomic mass is 10.1. The summed E-state index contributed by atoms with van der Waals surface area (Å²) in [6.07, 6.45) is 0. The van der Waals surface area contributed by atoms with Gasteiger partial charge in [0.1, 0.15) is 11.3 Å². The van der Waals surface area contributed by atoms with Gasteiger partial charge in [-0.2, -0.15) is 0 Å². The summed E-state index contributed by atoms with van der Waals surface area (Å²) in [7, 11) is 0. The van der Waals surface area contributed by atoms with Crippen molar-refractivity contribution in [2.45, 2.75) is 13.8 Å². The number of carbonyl (C=O) groups excluding carboxylic acids is 1. The zero-order valence-corrected chi connectivity index (χ0v) is 17.9. The number of fused-ring (bicyclic) bond motifs is 3. The molecule has 0 saturated carbocycles. The lowest BCUT2D eigenvalue weighted by Crippen LogP contribution is -2.20. The molecule has 5 rings (SSSR count).